The molecule has 0 aliphatic heterocycles. The van der Waals surface area contributed by atoms with E-state index in [4.69, 9.17) is 10.5 Å². The number of rotatable bonds is 5. The van der Waals surface area contributed by atoms with Gasteiger partial charge in [0.05, 0.1) is 0 Å². The monoisotopic (exact) mass is 263 g/mol. The van der Waals surface area contributed by atoms with Crippen molar-refractivity contribution >= 4 is 27.3 Å². The molecule has 0 aromatic carbocycles. The van der Waals surface area contributed by atoms with Crippen molar-refractivity contribution in [2.45, 2.75) is 18.9 Å². The van der Waals surface area contributed by atoms with Gasteiger partial charge in [0.2, 0.25) is 0 Å². The molecular weight excluding hydrogens is 250 g/mol. The lowest BCUT2D eigenvalue weighted by Crippen LogP contribution is -2.23. The molecule has 0 spiro atoms. The van der Waals surface area contributed by atoms with E-state index in [9.17, 15) is 0 Å². The fourth-order valence-corrected chi connectivity index (χ4v) is 2.64. The zero-order valence-electron chi connectivity index (χ0n) is 7.63. The second-order valence-corrected chi connectivity index (χ2v) is 4.89. The lowest BCUT2D eigenvalue weighted by molar-refractivity contribution is 0.188. The second kappa shape index (κ2) is 5.75. The molecule has 2 N–H and O–H groups in total. The predicted octanol–water partition coefficient (Wildman–Crippen LogP) is 2.42. The van der Waals surface area contributed by atoms with Gasteiger partial charge in [0.25, 0.3) is 0 Å². The summed E-state index contributed by atoms with van der Waals surface area (Å²) >= 11 is 5.16. The molecule has 0 amide bonds. The van der Waals surface area contributed by atoms with Gasteiger partial charge in [-0.15, -0.1) is 11.3 Å². The Morgan fingerprint density at radius 2 is 2.46 bits per heavy atom. The first kappa shape index (κ1) is 11.2. The fraction of sp³-hybridized carbons (Fsp3) is 0.556. The Hall–Kier alpha value is 0.1000. The summed E-state index contributed by atoms with van der Waals surface area (Å²) < 4.78 is 6.11. The van der Waals surface area contributed by atoms with Gasteiger partial charge in [0, 0.05) is 34.5 Å². The lowest BCUT2D eigenvalue weighted by Gasteiger charge is -2.08. The summed E-state index contributed by atoms with van der Waals surface area (Å²) in [5.41, 5.74) is 5.91. The minimum Gasteiger partial charge on any atom is -0.385 e. The van der Waals surface area contributed by atoms with Crippen molar-refractivity contribution in [1.29, 1.82) is 0 Å². The average molecular weight is 264 g/mol. The third-order valence-electron chi connectivity index (χ3n) is 1.78. The third-order valence-corrected chi connectivity index (χ3v) is 3.50. The number of halogens is 1. The van der Waals surface area contributed by atoms with Gasteiger partial charge >= 0.3 is 0 Å². The van der Waals surface area contributed by atoms with Crippen LogP contribution >= 0.6 is 27.3 Å². The first-order valence-electron chi connectivity index (χ1n) is 4.20. The molecule has 0 radical (unpaired) electrons. The van der Waals surface area contributed by atoms with Gasteiger partial charge in [0.15, 0.2) is 0 Å². The molecule has 0 aliphatic carbocycles. The van der Waals surface area contributed by atoms with Crippen molar-refractivity contribution < 1.29 is 4.74 Å². The molecule has 13 heavy (non-hydrogen) atoms. The largest absolute Gasteiger partial charge is 0.385 e. The molecule has 1 aromatic rings. The molecule has 4 heteroatoms. The summed E-state index contributed by atoms with van der Waals surface area (Å²) in [6.45, 7) is 0.744. The van der Waals surface area contributed by atoms with Crippen molar-refractivity contribution in [3.63, 3.8) is 0 Å². The molecule has 0 saturated carbocycles. The van der Waals surface area contributed by atoms with Crippen molar-refractivity contribution in [3.8, 4) is 0 Å². The number of nitrogens with two attached hydrogens (primary N) is 1. The molecule has 74 valence electrons. The van der Waals surface area contributed by atoms with E-state index in [1.54, 1.807) is 18.4 Å². The standard InChI is InChI=1S/C9H14BrNOS/c1-12-3-2-8(11)5-9-4-7(10)6-13-9/h4,6,8H,2-3,5,11H2,1H3. The van der Waals surface area contributed by atoms with Crippen LogP contribution in [-0.4, -0.2) is 19.8 Å². The van der Waals surface area contributed by atoms with Gasteiger partial charge in [-0.3, -0.25) is 0 Å². The molecule has 0 saturated heterocycles. The SMILES string of the molecule is COCCC(N)Cc1cc(Br)cs1. The highest BCUT2D eigenvalue weighted by Gasteiger charge is 2.05. The van der Waals surface area contributed by atoms with Crippen LogP contribution in [0.2, 0.25) is 0 Å². The van der Waals surface area contributed by atoms with Crippen LogP contribution in [0.3, 0.4) is 0 Å². The molecule has 1 atom stereocenters. The van der Waals surface area contributed by atoms with Crippen LogP contribution in [0.25, 0.3) is 0 Å². The highest BCUT2D eigenvalue weighted by Crippen LogP contribution is 2.20. The fourth-order valence-electron chi connectivity index (χ4n) is 1.09. The van der Waals surface area contributed by atoms with E-state index in [-0.39, 0.29) is 6.04 Å². The quantitative estimate of drug-likeness (QED) is 0.886. The average Bonchev–Trinajstić information content (AvgIpc) is 2.48. The van der Waals surface area contributed by atoms with E-state index in [0.29, 0.717) is 0 Å². The van der Waals surface area contributed by atoms with Crippen LogP contribution in [0.1, 0.15) is 11.3 Å². The van der Waals surface area contributed by atoms with Gasteiger partial charge in [-0.25, -0.2) is 0 Å². The van der Waals surface area contributed by atoms with Crippen molar-refractivity contribution in [3.05, 3.63) is 20.8 Å². The summed E-state index contributed by atoms with van der Waals surface area (Å²) in [7, 11) is 1.70. The molecule has 2 nitrogen and oxygen atoms in total. The Labute approximate surface area is 91.2 Å². The van der Waals surface area contributed by atoms with E-state index in [1.807, 2.05) is 0 Å². The number of hydrogen-bond acceptors (Lipinski definition) is 3. The Kier molecular flexibility index (Phi) is 4.94. The molecule has 0 aliphatic rings. The number of thiophene rings is 1. The van der Waals surface area contributed by atoms with Crippen LogP contribution in [0.5, 0.6) is 0 Å². The topological polar surface area (TPSA) is 35.2 Å². The maximum Gasteiger partial charge on any atom is 0.0477 e. The summed E-state index contributed by atoms with van der Waals surface area (Å²) in [6, 6.07) is 2.34. The zero-order chi connectivity index (χ0) is 9.68. The first-order valence-corrected chi connectivity index (χ1v) is 5.87. The van der Waals surface area contributed by atoms with Gasteiger partial charge < -0.3 is 10.5 Å². The third kappa shape index (κ3) is 4.22. The van der Waals surface area contributed by atoms with Crippen molar-refractivity contribution in [1.82, 2.24) is 0 Å². The summed E-state index contributed by atoms with van der Waals surface area (Å²) in [5.74, 6) is 0. The molecule has 1 aromatic heterocycles. The second-order valence-electron chi connectivity index (χ2n) is 2.98. The van der Waals surface area contributed by atoms with E-state index in [2.05, 4.69) is 27.4 Å². The highest BCUT2D eigenvalue weighted by molar-refractivity contribution is 9.10. The van der Waals surface area contributed by atoms with Gasteiger partial charge in [-0.2, -0.15) is 0 Å². The van der Waals surface area contributed by atoms with Crippen LogP contribution in [0, 0.1) is 0 Å². The van der Waals surface area contributed by atoms with Crippen LogP contribution in [-0.2, 0) is 11.2 Å². The molecule has 1 unspecified atom stereocenters. The van der Waals surface area contributed by atoms with E-state index < -0.39 is 0 Å². The molecule has 1 rings (SSSR count). The number of ether oxygens (including phenoxy) is 1. The minimum absolute atomic E-state index is 0.213. The predicted molar refractivity (Wildman–Crippen MR) is 60.2 cm³/mol. The highest BCUT2D eigenvalue weighted by atomic mass is 79.9. The van der Waals surface area contributed by atoms with Crippen LogP contribution < -0.4 is 5.73 Å². The maximum atomic E-state index is 5.91. The van der Waals surface area contributed by atoms with Gasteiger partial charge in [-0.05, 0) is 34.8 Å². The Balaban J connectivity index is 2.31. The first-order chi connectivity index (χ1) is 6.22. The van der Waals surface area contributed by atoms with E-state index in [0.717, 1.165) is 23.9 Å². The number of hydrogen-bond donors (Lipinski definition) is 1. The molecule has 0 fully saturated rings. The summed E-state index contributed by atoms with van der Waals surface area (Å²) in [5, 5.41) is 2.08. The molecule has 1 heterocycles. The van der Waals surface area contributed by atoms with Gasteiger partial charge in [0.1, 0.15) is 0 Å². The van der Waals surface area contributed by atoms with Crippen LogP contribution in [0.4, 0.5) is 0 Å². The van der Waals surface area contributed by atoms with Crippen molar-refractivity contribution in [2.24, 2.45) is 5.73 Å². The van der Waals surface area contributed by atoms with E-state index in [1.165, 1.54) is 4.88 Å². The molecular formula is C9H14BrNOS. The maximum absolute atomic E-state index is 5.91. The van der Waals surface area contributed by atoms with Crippen LogP contribution in [0.15, 0.2) is 15.9 Å². The van der Waals surface area contributed by atoms with Gasteiger partial charge in [-0.1, -0.05) is 0 Å². The zero-order valence-corrected chi connectivity index (χ0v) is 10.0. The van der Waals surface area contributed by atoms with Crippen molar-refractivity contribution in [2.75, 3.05) is 13.7 Å². The smallest absolute Gasteiger partial charge is 0.0477 e. The number of methoxy groups -OCH3 is 1. The Bertz CT molecular complexity index is 252. The minimum atomic E-state index is 0.213. The Morgan fingerprint density at radius 3 is 3.00 bits per heavy atom. The lowest BCUT2D eigenvalue weighted by atomic mass is 10.1. The summed E-state index contributed by atoms with van der Waals surface area (Å²) in [4.78, 5) is 1.33. The Morgan fingerprint density at radius 1 is 1.69 bits per heavy atom. The van der Waals surface area contributed by atoms with E-state index >= 15 is 0 Å². The normalized spacial score (nSPS) is 13.2. The molecule has 0 bridgehead atoms. The summed E-state index contributed by atoms with van der Waals surface area (Å²) in [6.07, 6.45) is 1.87.